The molecule has 3 nitrogen and oxygen atoms in total. The van der Waals surface area contributed by atoms with Crippen molar-refractivity contribution in [2.75, 3.05) is 14.2 Å². The van der Waals surface area contributed by atoms with Gasteiger partial charge in [-0.25, -0.2) is 0 Å². The molecule has 0 heterocycles. The second-order valence-corrected chi connectivity index (χ2v) is 4.23. The Bertz CT molecular complexity index is 135. The van der Waals surface area contributed by atoms with Crippen LogP contribution in [-0.4, -0.2) is 31.7 Å². The van der Waals surface area contributed by atoms with Crippen molar-refractivity contribution in [3.8, 4) is 0 Å². The standard InChI is InChI=1S/C12H26O3/c1-5-11(13)8-6-7-10(2)9-12(14-3)15-4/h10-13H,5-9H2,1-4H3. The van der Waals surface area contributed by atoms with Crippen molar-refractivity contribution in [2.24, 2.45) is 5.92 Å². The number of rotatable bonds is 9. The van der Waals surface area contributed by atoms with Gasteiger partial charge in [-0.05, 0) is 18.8 Å². The molecule has 0 rings (SSSR count). The van der Waals surface area contributed by atoms with Crippen LogP contribution in [0.25, 0.3) is 0 Å². The first kappa shape index (κ1) is 14.9. The molecule has 0 amide bonds. The van der Waals surface area contributed by atoms with Crippen LogP contribution in [-0.2, 0) is 9.47 Å². The topological polar surface area (TPSA) is 38.7 Å². The SMILES string of the molecule is CCC(O)CCCC(C)CC(OC)OC. The van der Waals surface area contributed by atoms with E-state index in [1.54, 1.807) is 14.2 Å². The van der Waals surface area contributed by atoms with Gasteiger partial charge in [-0.15, -0.1) is 0 Å². The molecule has 15 heavy (non-hydrogen) atoms. The number of aliphatic hydroxyl groups is 1. The molecule has 0 spiro atoms. The summed E-state index contributed by atoms with van der Waals surface area (Å²) in [5.41, 5.74) is 0. The Kier molecular flexibility index (Phi) is 9.06. The van der Waals surface area contributed by atoms with Gasteiger partial charge in [-0.3, -0.25) is 0 Å². The molecule has 0 aliphatic carbocycles. The molecule has 0 aromatic heterocycles. The second kappa shape index (κ2) is 9.13. The van der Waals surface area contributed by atoms with E-state index in [1.807, 2.05) is 6.92 Å². The summed E-state index contributed by atoms with van der Waals surface area (Å²) in [6.45, 7) is 4.21. The van der Waals surface area contributed by atoms with Crippen molar-refractivity contribution in [1.82, 2.24) is 0 Å². The lowest BCUT2D eigenvalue weighted by molar-refractivity contribution is -0.113. The van der Waals surface area contributed by atoms with Crippen LogP contribution < -0.4 is 0 Å². The zero-order valence-electron chi connectivity index (χ0n) is 10.5. The lowest BCUT2D eigenvalue weighted by atomic mass is 9.98. The van der Waals surface area contributed by atoms with E-state index in [2.05, 4.69) is 6.92 Å². The number of hydrogen-bond donors (Lipinski definition) is 1. The number of ether oxygens (including phenoxy) is 2. The smallest absolute Gasteiger partial charge is 0.157 e. The first-order valence-corrected chi connectivity index (χ1v) is 5.87. The summed E-state index contributed by atoms with van der Waals surface area (Å²) >= 11 is 0. The molecule has 0 aromatic rings. The van der Waals surface area contributed by atoms with Gasteiger partial charge >= 0.3 is 0 Å². The highest BCUT2D eigenvalue weighted by molar-refractivity contribution is 4.59. The van der Waals surface area contributed by atoms with Gasteiger partial charge in [0.15, 0.2) is 6.29 Å². The van der Waals surface area contributed by atoms with E-state index in [1.165, 1.54) is 0 Å². The molecule has 0 bridgehead atoms. The molecular formula is C12H26O3. The highest BCUT2D eigenvalue weighted by atomic mass is 16.7. The average molecular weight is 218 g/mol. The van der Waals surface area contributed by atoms with Crippen LogP contribution in [0.3, 0.4) is 0 Å². The van der Waals surface area contributed by atoms with Crippen molar-refractivity contribution in [3.63, 3.8) is 0 Å². The number of aliphatic hydroxyl groups excluding tert-OH is 1. The minimum absolute atomic E-state index is 0.0869. The summed E-state index contributed by atoms with van der Waals surface area (Å²) < 4.78 is 10.3. The molecule has 2 atom stereocenters. The van der Waals surface area contributed by atoms with Crippen molar-refractivity contribution >= 4 is 0 Å². The zero-order chi connectivity index (χ0) is 11.7. The first-order chi connectivity index (χ1) is 7.13. The van der Waals surface area contributed by atoms with Crippen LogP contribution in [0.5, 0.6) is 0 Å². The maximum atomic E-state index is 9.40. The molecule has 0 saturated heterocycles. The molecule has 0 aliphatic rings. The summed E-state index contributed by atoms with van der Waals surface area (Å²) in [6, 6.07) is 0. The molecule has 0 fully saturated rings. The molecule has 3 heteroatoms. The summed E-state index contributed by atoms with van der Waals surface area (Å²) in [5, 5.41) is 9.40. The van der Waals surface area contributed by atoms with Gasteiger partial charge < -0.3 is 14.6 Å². The Morgan fingerprint density at radius 3 is 2.20 bits per heavy atom. The third kappa shape index (κ3) is 7.77. The van der Waals surface area contributed by atoms with E-state index >= 15 is 0 Å². The Balaban J connectivity index is 3.51. The summed E-state index contributed by atoms with van der Waals surface area (Å²) in [7, 11) is 3.34. The molecule has 0 radical (unpaired) electrons. The molecule has 2 unspecified atom stereocenters. The fourth-order valence-corrected chi connectivity index (χ4v) is 1.64. The molecule has 1 N–H and O–H groups in total. The Morgan fingerprint density at radius 2 is 1.73 bits per heavy atom. The lowest BCUT2D eigenvalue weighted by Crippen LogP contribution is -2.17. The van der Waals surface area contributed by atoms with E-state index in [0.717, 1.165) is 32.1 Å². The van der Waals surface area contributed by atoms with Crippen molar-refractivity contribution in [2.45, 2.75) is 58.3 Å². The predicted molar refractivity (Wildman–Crippen MR) is 61.7 cm³/mol. The molecular weight excluding hydrogens is 192 g/mol. The zero-order valence-corrected chi connectivity index (χ0v) is 10.5. The van der Waals surface area contributed by atoms with E-state index < -0.39 is 0 Å². The minimum Gasteiger partial charge on any atom is -0.393 e. The van der Waals surface area contributed by atoms with Gasteiger partial charge in [0.1, 0.15) is 0 Å². The largest absolute Gasteiger partial charge is 0.393 e. The highest BCUT2D eigenvalue weighted by Gasteiger charge is 2.11. The summed E-state index contributed by atoms with van der Waals surface area (Å²) in [5.74, 6) is 0.582. The van der Waals surface area contributed by atoms with Crippen LogP contribution in [0.15, 0.2) is 0 Å². The molecule has 0 aromatic carbocycles. The normalized spacial score (nSPS) is 15.6. The van der Waals surface area contributed by atoms with Crippen molar-refractivity contribution in [1.29, 1.82) is 0 Å². The van der Waals surface area contributed by atoms with Gasteiger partial charge in [0, 0.05) is 20.6 Å². The van der Waals surface area contributed by atoms with E-state index in [4.69, 9.17) is 9.47 Å². The fraction of sp³-hybridized carbons (Fsp3) is 1.00. The fourth-order valence-electron chi connectivity index (χ4n) is 1.64. The average Bonchev–Trinajstić information content (AvgIpc) is 2.25. The van der Waals surface area contributed by atoms with Crippen LogP contribution >= 0.6 is 0 Å². The summed E-state index contributed by atoms with van der Waals surface area (Å²) in [4.78, 5) is 0. The minimum atomic E-state index is -0.127. The van der Waals surface area contributed by atoms with E-state index in [-0.39, 0.29) is 12.4 Å². The molecule has 0 saturated carbocycles. The Hall–Kier alpha value is -0.120. The summed E-state index contributed by atoms with van der Waals surface area (Å²) in [6.07, 6.45) is 4.68. The first-order valence-electron chi connectivity index (χ1n) is 5.87. The monoisotopic (exact) mass is 218 g/mol. The van der Waals surface area contributed by atoms with Crippen molar-refractivity contribution < 1.29 is 14.6 Å². The maximum absolute atomic E-state index is 9.40. The molecule has 92 valence electrons. The van der Waals surface area contributed by atoms with Gasteiger partial charge in [0.2, 0.25) is 0 Å². The maximum Gasteiger partial charge on any atom is 0.157 e. The second-order valence-electron chi connectivity index (χ2n) is 4.23. The lowest BCUT2D eigenvalue weighted by Gasteiger charge is -2.18. The van der Waals surface area contributed by atoms with Crippen LogP contribution in [0.2, 0.25) is 0 Å². The molecule has 0 aliphatic heterocycles. The number of hydrogen-bond acceptors (Lipinski definition) is 3. The van der Waals surface area contributed by atoms with Crippen LogP contribution in [0.4, 0.5) is 0 Å². The third-order valence-corrected chi connectivity index (χ3v) is 2.83. The van der Waals surface area contributed by atoms with Crippen LogP contribution in [0, 0.1) is 5.92 Å². The van der Waals surface area contributed by atoms with Gasteiger partial charge in [-0.1, -0.05) is 26.7 Å². The predicted octanol–water partition coefficient (Wildman–Crippen LogP) is 2.57. The Labute approximate surface area is 93.8 Å². The van der Waals surface area contributed by atoms with Gasteiger partial charge in [-0.2, -0.15) is 0 Å². The third-order valence-electron chi connectivity index (χ3n) is 2.83. The number of methoxy groups -OCH3 is 2. The van der Waals surface area contributed by atoms with E-state index in [0.29, 0.717) is 5.92 Å². The van der Waals surface area contributed by atoms with Gasteiger partial charge in [0.05, 0.1) is 6.10 Å². The highest BCUT2D eigenvalue weighted by Crippen LogP contribution is 2.17. The van der Waals surface area contributed by atoms with Crippen LogP contribution in [0.1, 0.15) is 46.0 Å². The van der Waals surface area contributed by atoms with E-state index in [9.17, 15) is 5.11 Å². The van der Waals surface area contributed by atoms with Crippen molar-refractivity contribution in [3.05, 3.63) is 0 Å². The quantitative estimate of drug-likeness (QED) is 0.604. The Morgan fingerprint density at radius 1 is 1.13 bits per heavy atom. The van der Waals surface area contributed by atoms with Gasteiger partial charge in [0.25, 0.3) is 0 Å².